The Kier molecular flexibility index (Phi) is 8.32. The maximum absolute atomic E-state index is 14.0. The quantitative estimate of drug-likeness (QED) is 0.286. The van der Waals surface area contributed by atoms with E-state index in [0.717, 1.165) is 16.7 Å². The average Bonchev–Trinajstić information content (AvgIpc) is 3.06. The number of amides is 1. The molecule has 3 aromatic rings. The number of methoxy groups -OCH3 is 5. The predicted octanol–water partition coefficient (Wildman–Crippen LogP) is 5.23. The number of ether oxygens (including phenoxy) is 5. The molecule has 0 aromatic heterocycles. The largest absolute Gasteiger partial charge is 0.497 e. The van der Waals surface area contributed by atoms with Gasteiger partial charge in [0.1, 0.15) is 17.4 Å². The zero-order chi connectivity index (χ0) is 27.4. The van der Waals surface area contributed by atoms with Gasteiger partial charge in [0, 0.05) is 33.8 Å². The molecule has 0 fully saturated rings. The Morgan fingerprint density at radius 3 is 2.32 bits per heavy atom. The number of esters is 1. The van der Waals surface area contributed by atoms with Gasteiger partial charge in [-0.3, -0.25) is 9.59 Å². The summed E-state index contributed by atoms with van der Waals surface area (Å²) in [5, 5.41) is 0.501. The molecule has 3 aromatic carbocycles. The van der Waals surface area contributed by atoms with Crippen molar-refractivity contribution in [1.29, 1.82) is 0 Å². The maximum atomic E-state index is 14.0. The van der Waals surface area contributed by atoms with E-state index in [4.69, 9.17) is 35.3 Å². The molecule has 0 N–H and O–H groups in total. The van der Waals surface area contributed by atoms with Crippen molar-refractivity contribution in [2.24, 2.45) is 5.92 Å². The molecular formula is C29H30ClNO7. The number of carbonyl (C=O) groups excluding carboxylic acids is 2. The van der Waals surface area contributed by atoms with E-state index in [1.54, 1.807) is 63.7 Å². The number of hydrogen-bond donors (Lipinski definition) is 0. The lowest BCUT2D eigenvalue weighted by Gasteiger charge is -2.26. The molecule has 2 atom stereocenters. The minimum atomic E-state index is -1.07. The fourth-order valence-corrected chi connectivity index (χ4v) is 5.14. The van der Waals surface area contributed by atoms with Gasteiger partial charge in [-0.2, -0.15) is 0 Å². The standard InChI is InChI=1S/C29H30ClNO7/c1-34-19-11-9-17(26(14-19)36-3)16-31-24-12-10-18(30)13-22(24)21(15-23(28(31)32)29(33)38-5)20-7-6-8-25(35-2)27(20)37-4/h6-14,21,23H,15-16H2,1-5H3. The molecule has 4 rings (SSSR count). The molecule has 1 heterocycles. The summed E-state index contributed by atoms with van der Waals surface area (Å²) < 4.78 is 27.2. The first-order valence-corrected chi connectivity index (χ1v) is 12.3. The molecule has 38 heavy (non-hydrogen) atoms. The summed E-state index contributed by atoms with van der Waals surface area (Å²) in [6.45, 7) is 0.149. The summed E-state index contributed by atoms with van der Waals surface area (Å²) in [5.74, 6) is -0.267. The van der Waals surface area contributed by atoms with Crippen LogP contribution < -0.4 is 23.8 Å². The third-order valence-electron chi connectivity index (χ3n) is 6.81. The molecule has 2 unspecified atom stereocenters. The number of rotatable bonds is 8. The number of halogens is 1. The van der Waals surface area contributed by atoms with E-state index in [1.165, 1.54) is 7.11 Å². The zero-order valence-corrected chi connectivity index (χ0v) is 22.7. The van der Waals surface area contributed by atoms with Crippen LogP contribution >= 0.6 is 11.6 Å². The lowest BCUT2D eigenvalue weighted by molar-refractivity contribution is -0.149. The Balaban J connectivity index is 1.93. The van der Waals surface area contributed by atoms with E-state index >= 15 is 0 Å². The van der Waals surface area contributed by atoms with Gasteiger partial charge in [0.15, 0.2) is 11.5 Å². The summed E-state index contributed by atoms with van der Waals surface area (Å²) in [7, 11) is 7.52. The van der Waals surface area contributed by atoms with Crippen LogP contribution in [0.4, 0.5) is 5.69 Å². The average molecular weight is 540 g/mol. The van der Waals surface area contributed by atoms with E-state index in [-0.39, 0.29) is 18.9 Å². The minimum Gasteiger partial charge on any atom is -0.497 e. The molecule has 0 aliphatic carbocycles. The van der Waals surface area contributed by atoms with Gasteiger partial charge in [-0.25, -0.2) is 0 Å². The molecule has 0 spiro atoms. The Morgan fingerprint density at radius 1 is 0.895 bits per heavy atom. The van der Waals surface area contributed by atoms with Crippen LogP contribution in [0.2, 0.25) is 5.02 Å². The van der Waals surface area contributed by atoms with Crippen LogP contribution in [-0.4, -0.2) is 47.4 Å². The summed E-state index contributed by atoms with van der Waals surface area (Å²) in [6, 6.07) is 16.3. The zero-order valence-electron chi connectivity index (χ0n) is 21.9. The lowest BCUT2D eigenvalue weighted by Crippen LogP contribution is -2.39. The molecule has 0 bridgehead atoms. The van der Waals surface area contributed by atoms with Gasteiger partial charge >= 0.3 is 5.97 Å². The fraction of sp³-hybridized carbons (Fsp3) is 0.310. The first-order valence-electron chi connectivity index (χ1n) is 12.0. The highest BCUT2D eigenvalue weighted by atomic mass is 35.5. The molecular weight excluding hydrogens is 510 g/mol. The highest BCUT2D eigenvalue weighted by Gasteiger charge is 2.41. The number of hydrogen-bond acceptors (Lipinski definition) is 7. The topological polar surface area (TPSA) is 83.5 Å². The van der Waals surface area contributed by atoms with Crippen molar-refractivity contribution in [2.75, 3.05) is 40.4 Å². The molecule has 200 valence electrons. The van der Waals surface area contributed by atoms with E-state index in [0.29, 0.717) is 33.7 Å². The number of nitrogens with zero attached hydrogens (tertiary/aromatic N) is 1. The maximum Gasteiger partial charge on any atom is 0.318 e. The number of benzene rings is 3. The Morgan fingerprint density at radius 2 is 1.66 bits per heavy atom. The first-order chi connectivity index (χ1) is 18.4. The van der Waals surface area contributed by atoms with Crippen molar-refractivity contribution in [1.82, 2.24) is 0 Å². The number of carbonyl (C=O) groups is 2. The van der Waals surface area contributed by atoms with Crippen LogP contribution in [0.5, 0.6) is 23.0 Å². The van der Waals surface area contributed by atoms with Crippen molar-refractivity contribution in [2.45, 2.75) is 18.9 Å². The molecule has 8 nitrogen and oxygen atoms in total. The second-order valence-corrected chi connectivity index (χ2v) is 9.19. The monoisotopic (exact) mass is 539 g/mol. The van der Waals surface area contributed by atoms with E-state index < -0.39 is 17.8 Å². The summed E-state index contributed by atoms with van der Waals surface area (Å²) in [6.07, 6.45) is 0.151. The summed E-state index contributed by atoms with van der Waals surface area (Å²) in [5.41, 5.74) is 2.90. The SMILES string of the molecule is COC(=O)C1CC(c2cccc(OC)c2OC)c2cc(Cl)ccc2N(Cc2ccc(OC)cc2OC)C1=O. The van der Waals surface area contributed by atoms with Gasteiger partial charge in [-0.15, -0.1) is 0 Å². The fourth-order valence-electron chi connectivity index (χ4n) is 4.96. The number of para-hydroxylation sites is 1. The highest BCUT2D eigenvalue weighted by molar-refractivity contribution is 6.30. The van der Waals surface area contributed by atoms with Crippen LogP contribution in [-0.2, 0) is 20.9 Å². The van der Waals surface area contributed by atoms with E-state index in [9.17, 15) is 9.59 Å². The van der Waals surface area contributed by atoms with E-state index in [1.807, 2.05) is 24.3 Å². The van der Waals surface area contributed by atoms with Crippen molar-refractivity contribution in [3.8, 4) is 23.0 Å². The molecule has 1 aliphatic rings. The Labute approximate surface area is 227 Å². The van der Waals surface area contributed by atoms with E-state index in [2.05, 4.69) is 0 Å². The molecule has 0 saturated heterocycles. The smallest absolute Gasteiger partial charge is 0.318 e. The van der Waals surface area contributed by atoms with Gasteiger partial charge in [0.25, 0.3) is 0 Å². The number of fused-ring (bicyclic) bond motifs is 1. The minimum absolute atomic E-state index is 0.149. The molecule has 1 amide bonds. The summed E-state index contributed by atoms with van der Waals surface area (Å²) in [4.78, 5) is 28.6. The van der Waals surface area contributed by atoms with Crippen LogP contribution in [0.1, 0.15) is 29.0 Å². The molecule has 0 radical (unpaired) electrons. The highest BCUT2D eigenvalue weighted by Crippen LogP contribution is 2.47. The van der Waals surface area contributed by atoms with Crippen molar-refractivity contribution in [3.63, 3.8) is 0 Å². The van der Waals surface area contributed by atoms with Gasteiger partial charge in [-0.05, 0) is 48.4 Å². The number of anilines is 1. The second kappa shape index (κ2) is 11.6. The molecule has 1 aliphatic heterocycles. The van der Waals surface area contributed by atoms with Crippen LogP contribution in [0, 0.1) is 5.92 Å². The summed E-state index contributed by atoms with van der Waals surface area (Å²) >= 11 is 6.48. The lowest BCUT2D eigenvalue weighted by atomic mass is 9.83. The predicted molar refractivity (Wildman–Crippen MR) is 144 cm³/mol. The van der Waals surface area contributed by atoms with Gasteiger partial charge in [-0.1, -0.05) is 23.7 Å². The van der Waals surface area contributed by atoms with Crippen molar-refractivity contribution >= 4 is 29.2 Å². The van der Waals surface area contributed by atoms with Gasteiger partial charge < -0.3 is 28.6 Å². The third-order valence-corrected chi connectivity index (χ3v) is 7.04. The Bertz CT molecular complexity index is 1340. The second-order valence-electron chi connectivity index (χ2n) is 8.75. The molecule has 9 heteroatoms. The normalized spacial score (nSPS) is 16.8. The third kappa shape index (κ3) is 5.09. The van der Waals surface area contributed by atoms with Gasteiger partial charge in [0.05, 0.1) is 42.1 Å². The Hall–Kier alpha value is -3.91. The van der Waals surface area contributed by atoms with Crippen molar-refractivity contribution < 1.29 is 33.3 Å². The first kappa shape index (κ1) is 27.1. The van der Waals surface area contributed by atoms with Crippen LogP contribution in [0.15, 0.2) is 54.6 Å². The van der Waals surface area contributed by atoms with Crippen LogP contribution in [0.3, 0.4) is 0 Å². The van der Waals surface area contributed by atoms with Gasteiger partial charge in [0.2, 0.25) is 5.91 Å². The molecule has 0 saturated carbocycles. The van der Waals surface area contributed by atoms with Crippen LogP contribution in [0.25, 0.3) is 0 Å². The van der Waals surface area contributed by atoms with Crippen molar-refractivity contribution in [3.05, 3.63) is 76.3 Å².